The van der Waals surface area contributed by atoms with Gasteiger partial charge in [0.15, 0.2) is 12.4 Å². The summed E-state index contributed by atoms with van der Waals surface area (Å²) >= 11 is 3.35. The molecule has 1 aromatic carbocycles. The second-order valence-electron chi connectivity index (χ2n) is 6.26. The van der Waals surface area contributed by atoms with Crippen molar-refractivity contribution in [3.05, 3.63) is 63.1 Å². The molecule has 2 aromatic heterocycles. The van der Waals surface area contributed by atoms with Crippen molar-refractivity contribution in [1.29, 1.82) is 0 Å². The molecule has 0 fully saturated rings. The Morgan fingerprint density at radius 1 is 1.18 bits per heavy atom. The number of aryl methyl sites for hydroxylation is 2. The van der Waals surface area contributed by atoms with Crippen LogP contribution in [0.2, 0.25) is 0 Å². The summed E-state index contributed by atoms with van der Waals surface area (Å²) in [6.45, 7) is 5.42. The third kappa shape index (κ3) is 3.87. The average Bonchev–Trinajstić information content (AvgIpc) is 3.22. The fourth-order valence-corrected chi connectivity index (χ4v) is 3.43. The predicted octanol–water partition coefficient (Wildman–Crippen LogP) is 4.20. The van der Waals surface area contributed by atoms with Gasteiger partial charge in [-0.25, -0.2) is 4.79 Å². The number of halogens is 1. The van der Waals surface area contributed by atoms with Gasteiger partial charge in [-0.3, -0.25) is 9.36 Å². The largest absolute Gasteiger partial charge is 0.484 e. The van der Waals surface area contributed by atoms with Crippen LogP contribution in [0.3, 0.4) is 0 Å². The van der Waals surface area contributed by atoms with Crippen LogP contribution in [-0.4, -0.2) is 35.2 Å². The van der Waals surface area contributed by atoms with Crippen LogP contribution >= 0.6 is 15.9 Å². The van der Waals surface area contributed by atoms with Gasteiger partial charge < -0.3 is 14.0 Å². The maximum absolute atomic E-state index is 12.7. The smallest absolute Gasteiger partial charge is 0.337 e. The van der Waals surface area contributed by atoms with Crippen molar-refractivity contribution in [2.75, 3.05) is 13.7 Å². The second kappa shape index (κ2) is 8.02. The van der Waals surface area contributed by atoms with Gasteiger partial charge in [-0.1, -0.05) is 5.16 Å². The van der Waals surface area contributed by atoms with E-state index in [2.05, 4.69) is 25.8 Å². The van der Waals surface area contributed by atoms with Gasteiger partial charge in [-0.05, 0) is 61.0 Å². The highest BCUT2D eigenvalue weighted by Gasteiger charge is 2.19. The molecular weight excluding hydrogens is 428 g/mol. The summed E-state index contributed by atoms with van der Waals surface area (Å²) < 4.78 is 17.9. The number of aromatic nitrogens is 2. The number of hydrogen-bond donors (Lipinski definition) is 0. The third-order valence-corrected chi connectivity index (χ3v) is 4.91. The van der Waals surface area contributed by atoms with Gasteiger partial charge >= 0.3 is 5.97 Å². The third-order valence-electron chi connectivity index (χ3n) is 4.29. The number of Topliss-reactive ketones (excluding diaryl/α,β-unsaturated/α-hetero) is 1. The number of esters is 1. The van der Waals surface area contributed by atoms with Gasteiger partial charge in [0, 0.05) is 23.0 Å². The molecule has 0 radical (unpaired) electrons. The molecular formula is C20H19BrN2O5. The Bertz CT molecular complexity index is 1050. The molecule has 2 heterocycles. The van der Waals surface area contributed by atoms with Crippen LogP contribution < -0.4 is 4.74 Å². The molecule has 0 unspecified atom stereocenters. The molecule has 0 aliphatic rings. The monoisotopic (exact) mass is 446 g/mol. The first kappa shape index (κ1) is 19.9. The molecule has 146 valence electrons. The summed E-state index contributed by atoms with van der Waals surface area (Å²) in [6, 6.07) is 8.40. The van der Waals surface area contributed by atoms with Gasteiger partial charge in [0.2, 0.25) is 5.78 Å². The molecule has 0 aliphatic carbocycles. The average molecular weight is 447 g/mol. The molecule has 0 spiro atoms. The standard InChI is InChI=1S/C20H19BrN2O5/c1-11-7-15(13(3)23(11)19-8-12(2)28-22-19)17(24)10-27-18-6-5-14(9-16(18)21)20(25)26-4/h5-9H,10H2,1-4H3. The van der Waals surface area contributed by atoms with Crippen molar-refractivity contribution in [1.82, 2.24) is 9.72 Å². The van der Waals surface area contributed by atoms with Gasteiger partial charge in [0.1, 0.15) is 11.5 Å². The molecule has 3 aromatic rings. The summed E-state index contributed by atoms with van der Waals surface area (Å²) in [5.41, 5.74) is 2.58. The highest BCUT2D eigenvalue weighted by Crippen LogP contribution is 2.27. The molecule has 8 heteroatoms. The Hall–Kier alpha value is -2.87. The maximum Gasteiger partial charge on any atom is 0.337 e. The van der Waals surface area contributed by atoms with E-state index in [1.807, 2.05) is 31.4 Å². The SMILES string of the molecule is COC(=O)c1ccc(OCC(=O)c2cc(C)n(-c3cc(C)on3)c2C)c(Br)c1. The van der Waals surface area contributed by atoms with Gasteiger partial charge in [0.05, 0.1) is 17.1 Å². The number of carbonyl (C=O) groups excluding carboxylic acids is 2. The van der Waals surface area contributed by atoms with Gasteiger partial charge in [-0.15, -0.1) is 0 Å². The Morgan fingerprint density at radius 2 is 1.93 bits per heavy atom. The van der Waals surface area contributed by atoms with Crippen LogP contribution in [-0.2, 0) is 4.74 Å². The topological polar surface area (TPSA) is 83.6 Å². The number of hydrogen-bond acceptors (Lipinski definition) is 6. The van der Waals surface area contributed by atoms with Crippen molar-refractivity contribution in [3.8, 4) is 11.6 Å². The molecule has 0 bridgehead atoms. The van der Waals surface area contributed by atoms with E-state index in [9.17, 15) is 9.59 Å². The quantitative estimate of drug-likeness (QED) is 0.416. The van der Waals surface area contributed by atoms with E-state index in [1.54, 1.807) is 24.3 Å². The lowest BCUT2D eigenvalue weighted by atomic mass is 10.1. The van der Waals surface area contributed by atoms with Crippen LogP contribution in [0.1, 0.15) is 37.9 Å². The number of carbonyl (C=O) groups is 2. The lowest BCUT2D eigenvalue weighted by Gasteiger charge is -2.09. The van der Waals surface area contributed by atoms with Crippen molar-refractivity contribution in [2.24, 2.45) is 0 Å². The Labute approximate surface area is 170 Å². The van der Waals surface area contributed by atoms with Crippen LogP contribution in [0.4, 0.5) is 0 Å². The minimum atomic E-state index is -0.446. The van der Waals surface area contributed by atoms with Crippen LogP contribution in [0, 0.1) is 20.8 Å². The summed E-state index contributed by atoms with van der Waals surface area (Å²) in [4.78, 5) is 24.3. The molecule has 0 N–H and O–H groups in total. The molecule has 0 saturated carbocycles. The Kier molecular flexibility index (Phi) is 5.69. The number of nitrogens with zero attached hydrogens (tertiary/aromatic N) is 2. The molecule has 0 saturated heterocycles. The van der Waals surface area contributed by atoms with Crippen LogP contribution in [0.5, 0.6) is 5.75 Å². The summed E-state index contributed by atoms with van der Waals surface area (Å²) in [7, 11) is 1.32. The first-order chi connectivity index (χ1) is 13.3. The Balaban J connectivity index is 1.77. The van der Waals surface area contributed by atoms with E-state index in [4.69, 9.17) is 9.26 Å². The number of rotatable bonds is 6. The zero-order valence-corrected chi connectivity index (χ0v) is 17.5. The lowest BCUT2D eigenvalue weighted by molar-refractivity contribution is 0.0600. The fourth-order valence-electron chi connectivity index (χ4n) is 2.94. The zero-order chi connectivity index (χ0) is 20.4. The molecule has 3 rings (SSSR count). The number of methoxy groups -OCH3 is 1. The van der Waals surface area contributed by atoms with Crippen molar-refractivity contribution in [3.63, 3.8) is 0 Å². The molecule has 7 nitrogen and oxygen atoms in total. The first-order valence-electron chi connectivity index (χ1n) is 8.48. The van der Waals surface area contributed by atoms with E-state index in [-0.39, 0.29) is 12.4 Å². The van der Waals surface area contributed by atoms with Crippen molar-refractivity contribution >= 4 is 27.7 Å². The number of benzene rings is 1. The molecule has 0 amide bonds. The highest BCUT2D eigenvalue weighted by molar-refractivity contribution is 9.10. The van der Waals surface area contributed by atoms with E-state index >= 15 is 0 Å². The first-order valence-corrected chi connectivity index (χ1v) is 9.27. The number of ether oxygens (including phenoxy) is 2. The Morgan fingerprint density at radius 3 is 2.54 bits per heavy atom. The molecule has 28 heavy (non-hydrogen) atoms. The molecule has 0 atom stereocenters. The van der Waals surface area contributed by atoms with Gasteiger partial charge in [-0.2, -0.15) is 0 Å². The highest BCUT2D eigenvalue weighted by atomic mass is 79.9. The lowest BCUT2D eigenvalue weighted by Crippen LogP contribution is -2.13. The van der Waals surface area contributed by atoms with E-state index in [0.29, 0.717) is 32.9 Å². The second-order valence-corrected chi connectivity index (χ2v) is 7.12. The maximum atomic E-state index is 12.7. The van der Waals surface area contributed by atoms with E-state index in [0.717, 1.165) is 11.4 Å². The number of ketones is 1. The van der Waals surface area contributed by atoms with Crippen molar-refractivity contribution < 1.29 is 23.6 Å². The van der Waals surface area contributed by atoms with E-state index < -0.39 is 5.97 Å². The van der Waals surface area contributed by atoms with Gasteiger partial charge in [0.25, 0.3) is 0 Å². The van der Waals surface area contributed by atoms with Crippen LogP contribution in [0.25, 0.3) is 5.82 Å². The van der Waals surface area contributed by atoms with Crippen molar-refractivity contribution in [2.45, 2.75) is 20.8 Å². The molecule has 0 aliphatic heterocycles. The summed E-state index contributed by atoms with van der Waals surface area (Å²) in [5.74, 6) is 1.18. The van der Waals surface area contributed by atoms with Crippen LogP contribution in [0.15, 0.2) is 39.3 Å². The zero-order valence-electron chi connectivity index (χ0n) is 15.9. The minimum Gasteiger partial charge on any atom is -0.484 e. The fraction of sp³-hybridized carbons (Fsp3) is 0.250. The van der Waals surface area contributed by atoms with E-state index in [1.165, 1.54) is 7.11 Å². The normalized spacial score (nSPS) is 10.8. The summed E-state index contributed by atoms with van der Waals surface area (Å²) in [5, 5.41) is 4.02. The predicted molar refractivity (Wildman–Crippen MR) is 105 cm³/mol. The summed E-state index contributed by atoms with van der Waals surface area (Å²) in [6.07, 6.45) is 0. The minimum absolute atomic E-state index is 0.141.